The van der Waals surface area contributed by atoms with Crippen LogP contribution < -0.4 is 5.32 Å². The van der Waals surface area contributed by atoms with Crippen LogP contribution in [-0.4, -0.2) is 23.7 Å². The molecule has 0 aliphatic heterocycles. The Hall–Kier alpha value is -2.13. The highest BCUT2D eigenvalue weighted by atomic mass is 16.4. The van der Waals surface area contributed by atoms with Gasteiger partial charge in [-0.1, -0.05) is 60.7 Å². The van der Waals surface area contributed by atoms with Crippen molar-refractivity contribution in [2.24, 2.45) is 0 Å². The number of benzene rings is 2. The largest absolute Gasteiger partial charge is 0.481 e. The van der Waals surface area contributed by atoms with Gasteiger partial charge >= 0.3 is 5.97 Å². The van der Waals surface area contributed by atoms with Gasteiger partial charge in [0.25, 0.3) is 0 Å². The summed E-state index contributed by atoms with van der Waals surface area (Å²) in [5.74, 6) is -0.781. The maximum absolute atomic E-state index is 11.3. The van der Waals surface area contributed by atoms with E-state index in [-0.39, 0.29) is 6.42 Å². The lowest BCUT2D eigenvalue weighted by molar-refractivity contribution is -0.138. The Morgan fingerprint density at radius 2 is 1.38 bits per heavy atom. The molecule has 0 spiro atoms. The summed E-state index contributed by atoms with van der Waals surface area (Å²) in [5, 5.41) is 12.6. The van der Waals surface area contributed by atoms with Crippen LogP contribution in [0.3, 0.4) is 0 Å². The highest BCUT2D eigenvalue weighted by Crippen LogP contribution is 2.23. The lowest BCUT2D eigenvalue weighted by Gasteiger charge is -2.33. The molecule has 2 rings (SSSR count). The Morgan fingerprint density at radius 3 is 1.71 bits per heavy atom. The fourth-order valence-corrected chi connectivity index (χ4v) is 2.72. The van der Waals surface area contributed by atoms with Crippen molar-refractivity contribution in [1.29, 1.82) is 0 Å². The molecule has 0 heterocycles. The molecular formula is C18H21NO2. The van der Waals surface area contributed by atoms with Crippen LogP contribution in [0.15, 0.2) is 60.7 Å². The minimum Gasteiger partial charge on any atom is -0.481 e. The summed E-state index contributed by atoms with van der Waals surface area (Å²) in [7, 11) is 1.84. The van der Waals surface area contributed by atoms with E-state index in [0.717, 1.165) is 11.1 Å². The van der Waals surface area contributed by atoms with E-state index in [1.807, 2.05) is 67.7 Å². The SMILES string of the molecule is CNC(CC(=O)O)(Cc1ccccc1)Cc1ccccc1. The quantitative estimate of drug-likeness (QED) is 0.821. The molecular weight excluding hydrogens is 262 g/mol. The maximum Gasteiger partial charge on any atom is 0.305 e. The number of rotatable bonds is 7. The Balaban J connectivity index is 2.26. The molecule has 0 atom stereocenters. The monoisotopic (exact) mass is 283 g/mol. The molecule has 3 nitrogen and oxygen atoms in total. The van der Waals surface area contributed by atoms with Crippen molar-refractivity contribution < 1.29 is 9.90 Å². The second-order valence-electron chi connectivity index (χ2n) is 5.43. The van der Waals surface area contributed by atoms with Gasteiger partial charge in [0.2, 0.25) is 0 Å². The zero-order valence-corrected chi connectivity index (χ0v) is 12.3. The van der Waals surface area contributed by atoms with Crippen LogP contribution in [0.4, 0.5) is 0 Å². The van der Waals surface area contributed by atoms with Crippen LogP contribution in [0.5, 0.6) is 0 Å². The van der Waals surface area contributed by atoms with E-state index in [4.69, 9.17) is 0 Å². The Kier molecular flexibility index (Phi) is 5.12. The van der Waals surface area contributed by atoms with Gasteiger partial charge in [-0.15, -0.1) is 0 Å². The molecule has 0 saturated carbocycles. The molecule has 110 valence electrons. The van der Waals surface area contributed by atoms with Crippen LogP contribution in [0.25, 0.3) is 0 Å². The van der Waals surface area contributed by atoms with Crippen LogP contribution in [0.2, 0.25) is 0 Å². The number of hydrogen-bond donors (Lipinski definition) is 2. The molecule has 0 amide bonds. The number of carbonyl (C=O) groups is 1. The van der Waals surface area contributed by atoms with Crippen LogP contribution in [-0.2, 0) is 17.6 Å². The summed E-state index contributed by atoms with van der Waals surface area (Å²) in [6.07, 6.45) is 1.46. The van der Waals surface area contributed by atoms with Gasteiger partial charge in [0.15, 0.2) is 0 Å². The van der Waals surface area contributed by atoms with Gasteiger partial charge in [0.05, 0.1) is 6.42 Å². The molecule has 0 fully saturated rings. The fraction of sp³-hybridized carbons (Fsp3) is 0.278. The maximum atomic E-state index is 11.3. The lowest BCUT2D eigenvalue weighted by atomic mass is 9.82. The third-order valence-electron chi connectivity index (χ3n) is 3.79. The average Bonchev–Trinajstić information content (AvgIpc) is 2.48. The predicted molar refractivity (Wildman–Crippen MR) is 84.3 cm³/mol. The van der Waals surface area contributed by atoms with Gasteiger partial charge in [-0.25, -0.2) is 0 Å². The molecule has 0 unspecified atom stereocenters. The van der Waals surface area contributed by atoms with E-state index in [0.29, 0.717) is 12.8 Å². The zero-order valence-electron chi connectivity index (χ0n) is 12.3. The molecule has 2 aromatic rings. The normalized spacial score (nSPS) is 11.3. The number of nitrogens with one attached hydrogen (secondary N) is 1. The van der Waals surface area contributed by atoms with Crippen molar-refractivity contribution in [3.63, 3.8) is 0 Å². The van der Waals surface area contributed by atoms with E-state index in [9.17, 15) is 9.90 Å². The van der Waals surface area contributed by atoms with Crippen LogP contribution in [0.1, 0.15) is 17.5 Å². The average molecular weight is 283 g/mol. The van der Waals surface area contributed by atoms with Crippen molar-refractivity contribution in [2.75, 3.05) is 7.05 Å². The standard InChI is InChI=1S/C18H21NO2/c1-19-18(14-17(20)21,12-15-8-4-2-5-9-15)13-16-10-6-3-7-11-16/h2-11,19H,12-14H2,1H3,(H,20,21). The topological polar surface area (TPSA) is 49.3 Å². The molecule has 2 aromatic carbocycles. The third kappa shape index (κ3) is 4.43. The van der Waals surface area contributed by atoms with Crippen molar-refractivity contribution in [1.82, 2.24) is 5.32 Å². The first kappa shape index (κ1) is 15.3. The van der Waals surface area contributed by atoms with Crippen molar-refractivity contribution >= 4 is 5.97 Å². The highest BCUT2D eigenvalue weighted by Gasteiger charge is 2.31. The van der Waals surface area contributed by atoms with Gasteiger partial charge < -0.3 is 10.4 Å². The predicted octanol–water partition coefficient (Wildman–Crippen LogP) is 2.90. The van der Waals surface area contributed by atoms with Crippen LogP contribution >= 0.6 is 0 Å². The van der Waals surface area contributed by atoms with E-state index in [2.05, 4.69) is 5.32 Å². The minimum absolute atomic E-state index is 0.0906. The minimum atomic E-state index is -0.781. The third-order valence-corrected chi connectivity index (χ3v) is 3.79. The molecule has 0 saturated heterocycles. The van der Waals surface area contributed by atoms with E-state index in [1.165, 1.54) is 0 Å². The zero-order chi connectivity index (χ0) is 15.1. The summed E-state index contributed by atoms with van der Waals surface area (Å²) in [6, 6.07) is 20.0. The van der Waals surface area contributed by atoms with Crippen molar-refractivity contribution in [3.8, 4) is 0 Å². The van der Waals surface area contributed by atoms with Gasteiger partial charge in [0, 0.05) is 5.54 Å². The molecule has 0 radical (unpaired) electrons. The first-order valence-electron chi connectivity index (χ1n) is 7.12. The van der Waals surface area contributed by atoms with E-state index < -0.39 is 11.5 Å². The lowest BCUT2D eigenvalue weighted by Crippen LogP contribution is -2.48. The van der Waals surface area contributed by atoms with E-state index in [1.54, 1.807) is 0 Å². The van der Waals surface area contributed by atoms with E-state index >= 15 is 0 Å². The fourth-order valence-electron chi connectivity index (χ4n) is 2.72. The summed E-state index contributed by atoms with van der Waals surface area (Å²) >= 11 is 0. The Bertz CT molecular complexity index is 525. The van der Waals surface area contributed by atoms with Gasteiger partial charge in [-0.3, -0.25) is 4.79 Å². The molecule has 3 heteroatoms. The number of aliphatic carboxylic acids is 1. The highest BCUT2D eigenvalue weighted by molar-refractivity contribution is 5.68. The molecule has 2 N–H and O–H groups in total. The molecule has 21 heavy (non-hydrogen) atoms. The number of carboxylic acid groups (broad SMARTS) is 1. The Labute approximate surface area is 125 Å². The molecule has 0 bridgehead atoms. The van der Waals surface area contributed by atoms with Gasteiger partial charge in [-0.05, 0) is 31.0 Å². The van der Waals surface area contributed by atoms with Gasteiger partial charge in [0.1, 0.15) is 0 Å². The first-order chi connectivity index (χ1) is 10.1. The smallest absolute Gasteiger partial charge is 0.305 e. The first-order valence-corrected chi connectivity index (χ1v) is 7.12. The summed E-state index contributed by atoms with van der Waals surface area (Å²) in [4.78, 5) is 11.3. The molecule has 0 aromatic heterocycles. The number of likely N-dealkylation sites (N-methyl/N-ethyl adjacent to an activating group) is 1. The molecule has 0 aliphatic carbocycles. The van der Waals surface area contributed by atoms with Crippen LogP contribution in [0, 0.1) is 0 Å². The second-order valence-corrected chi connectivity index (χ2v) is 5.43. The number of carboxylic acids is 1. The Morgan fingerprint density at radius 1 is 0.952 bits per heavy atom. The van der Waals surface area contributed by atoms with Gasteiger partial charge in [-0.2, -0.15) is 0 Å². The summed E-state index contributed by atoms with van der Waals surface area (Å²) in [5.41, 5.74) is 1.81. The molecule has 0 aliphatic rings. The summed E-state index contributed by atoms with van der Waals surface area (Å²) in [6.45, 7) is 0. The summed E-state index contributed by atoms with van der Waals surface area (Å²) < 4.78 is 0. The number of hydrogen-bond acceptors (Lipinski definition) is 2. The van der Waals surface area contributed by atoms with Crippen molar-refractivity contribution in [2.45, 2.75) is 24.8 Å². The van der Waals surface area contributed by atoms with Crippen molar-refractivity contribution in [3.05, 3.63) is 71.8 Å². The second kappa shape index (κ2) is 7.04.